The van der Waals surface area contributed by atoms with Crippen molar-refractivity contribution in [1.29, 1.82) is 10.7 Å². The van der Waals surface area contributed by atoms with Gasteiger partial charge in [-0.25, -0.2) is 22.3 Å². The van der Waals surface area contributed by atoms with Gasteiger partial charge < -0.3 is 16.2 Å². The Balaban J connectivity index is 0.000000782. The Kier molecular flexibility index (Phi) is 11.3. The highest BCUT2D eigenvalue weighted by Gasteiger charge is 2.38. The molecule has 0 aliphatic carbocycles. The molecule has 0 unspecified atom stereocenters. The van der Waals surface area contributed by atoms with E-state index in [9.17, 15) is 36.0 Å². The summed E-state index contributed by atoms with van der Waals surface area (Å²) in [5.41, 5.74) is 8.43. The minimum atomic E-state index is -5.08. The topological polar surface area (TPSA) is 186 Å². The minimum absolute atomic E-state index is 0.0444. The monoisotopic (exact) mass is 607 g/mol. The number of hydrogen-bond acceptors (Lipinski definition) is 6. The summed E-state index contributed by atoms with van der Waals surface area (Å²) in [6.45, 7) is 0.128. The molecule has 1 atom stereocenters. The first-order valence-electron chi connectivity index (χ1n) is 11.8. The van der Waals surface area contributed by atoms with E-state index < -0.39 is 39.9 Å². The number of nitrogens with zero attached hydrogens (tertiary/aromatic N) is 1. The fourth-order valence-corrected chi connectivity index (χ4v) is 4.25. The lowest BCUT2D eigenvalue weighted by Crippen LogP contribution is -2.47. The van der Waals surface area contributed by atoms with Crippen LogP contribution in [0.25, 0.3) is 11.1 Å². The number of halogens is 4. The maximum atomic E-state index is 13.9. The predicted molar refractivity (Wildman–Crippen MR) is 145 cm³/mol. The van der Waals surface area contributed by atoms with Crippen molar-refractivity contribution in [1.82, 2.24) is 10.0 Å². The maximum Gasteiger partial charge on any atom is 0.490 e. The molecule has 0 aromatic heterocycles. The van der Waals surface area contributed by atoms with Gasteiger partial charge in [0.2, 0.25) is 15.9 Å². The van der Waals surface area contributed by atoms with E-state index >= 15 is 0 Å². The maximum absolute atomic E-state index is 13.9. The average Bonchev–Trinajstić information content (AvgIpc) is 2.90. The Morgan fingerprint density at radius 2 is 1.67 bits per heavy atom. The first-order chi connectivity index (χ1) is 19.5. The molecule has 6 N–H and O–H groups in total. The molecule has 0 bridgehead atoms. The van der Waals surface area contributed by atoms with Crippen LogP contribution in [0.1, 0.15) is 22.3 Å². The summed E-state index contributed by atoms with van der Waals surface area (Å²) < 4.78 is 71.7. The van der Waals surface area contributed by atoms with Gasteiger partial charge in [0.25, 0.3) is 0 Å². The Morgan fingerprint density at radius 1 is 1.07 bits per heavy atom. The number of nitrogens with one attached hydrogen (secondary N) is 3. The molecule has 0 aliphatic heterocycles. The van der Waals surface area contributed by atoms with Gasteiger partial charge in [0.15, 0.2) is 0 Å². The van der Waals surface area contributed by atoms with Crippen LogP contribution in [0.4, 0.5) is 17.6 Å². The lowest BCUT2D eigenvalue weighted by Gasteiger charge is -2.18. The van der Waals surface area contributed by atoms with Gasteiger partial charge in [-0.3, -0.25) is 10.2 Å². The normalized spacial score (nSPS) is 11.8. The van der Waals surface area contributed by atoms with Crippen molar-refractivity contribution in [3.8, 4) is 17.2 Å². The Labute approximate surface area is 238 Å². The van der Waals surface area contributed by atoms with Crippen molar-refractivity contribution < 1.29 is 40.7 Å². The molecule has 0 saturated carbocycles. The Hall–Kier alpha value is -4.81. The molecule has 10 nitrogen and oxygen atoms in total. The third-order valence-electron chi connectivity index (χ3n) is 5.45. The van der Waals surface area contributed by atoms with Crippen LogP contribution in [0.3, 0.4) is 0 Å². The number of carbonyl (C=O) groups excluding carboxylic acids is 1. The van der Waals surface area contributed by atoms with Crippen molar-refractivity contribution in [3.63, 3.8) is 0 Å². The number of amides is 1. The summed E-state index contributed by atoms with van der Waals surface area (Å²) >= 11 is 0. The second-order valence-electron chi connectivity index (χ2n) is 8.75. The summed E-state index contributed by atoms with van der Waals surface area (Å²) in [5.74, 6) is -4.01. The molecule has 42 heavy (non-hydrogen) atoms. The highest BCUT2D eigenvalue weighted by atomic mass is 32.2. The molecular weight excluding hydrogens is 582 g/mol. The summed E-state index contributed by atoms with van der Waals surface area (Å²) in [6, 6.07) is 18.8. The van der Waals surface area contributed by atoms with Crippen LogP contribution in [0.2, 0.25) is 0 Å². The van der Waals surface area contributed by atoms with Crippen LogP contribution in [-0.2, 0) is 32.6 Å². The number of carboxylic acids is 1. The van der Waals surface area contributed by atoms with E-state index in [0.29, 0.717) is 22.3 Å². The number of hydrogen-bond donors (Lipinski definition) is 5. The highest BCUT2D eigenvalue weighted by Crippen LogP contribution is 2.25. The van der Waals surface area contributed by atoms with Gasteiger partial charge >= 0.3 is 12.1 Å². The number of benzene rings is 3. The van der Waals surface area contributed by atoms with Crippen LogP contribution in [-0.4, -0.2) is 49.7 Å². The van der Waals surface area contributed by atoms with Gasteiger partial charge in [0.05, 0.1) is 11.8 Å². The zero-order chi connectivity index (χ0) is 31.7. The molecular formula is C27H25F4N5O5S. The Bertz CT molecular complexity index is 1600. The van der Waals surface area contributed by atoms with Gasteiger partial charge in [0, 0.05) is 17.7 Å². The first-order valence-corrected chi connectivity index (χ1v) is 13.7. The lowest BCUT2D eigenvalue weighted by molar-refractivity contribution is -0.192. The molecule has 0 spiro atoms. The summed E-state index contributed by atoms with van der Waals surface area (Å²) in [7, 11) is -3.68. The SMILES string of the molecule is CS(=O)(=O)N[C@@H](Cc1cccc(C(=N)N)c1)C(=O)NCc1ccc(-c2cccc(F)c2C#N)cc1.O=C(O)C(F)(F)F. The molecule has 0 heterocycles. The van der Waals surface area contributed by atoms with Crippen molar-refractivity contribution >= 4 is 27.7 Å². The lowest BCUT2D eigenvalue weighted by atomic mass is 9.99. The Morgan fingerprint density at radius 3 is 2.19 bits per heavy atom. The molecule has 0 aliphatic rings. The van der Waals surface area contributed by atoms with Gasteiger partial charge in [-0.2, -0.15) is 18.4 Å². The molecule has 1 amide bonds. The van der Waals surface area contributed by atoms with Crippen LogP contribution in [0, 0.1) is 22.6 Å². The number of rotatable bonds is 9. The number of nitrogens with two attached hydrogens (primary N) is 1. The van der Waals surface area contributed by atoms with E-state index in [1.54, 1.807) is 54.6 Å². The number of amidine groups is 1. The molecule has 0 fully saturated rings. The van der Waals surface area contributed by atoms with E-state index in [1.165, 1.54) is 12.1 Å². The van der Waals surface area contributed by atoms with Gasteiger partial charge in [-0.05, 0) is 35.2 Å². The standard InChI is InChI=1S/C25H24FN5O3S.C2HF3O2/c1-35(33,34)31-23(13-17-4-2-5-19(12-17)24(28)29)25(32)30-15-16-8-10-18(11-9-16)20-6-3-7-22(26)21(20)14-27;3-2(4,5)1(6)7/h2-12,23,31H,13,15H2,1H3,(H3,28,29)(H,30,32);(H,6,7)/t23-;/m0./s1. The van der Waals surface area contributed by atoms with E-state index in [-0.39, 0.29) is 24.4 Å². The average molecular weight is 608 g/mol. The van der Waals surface area contributed by atoms with Crippen molar-refractivity contribution in [2.75, 3.05) is 6.26 Å². The van der Waals surface area contributed by atoms with Gasteiger partial charge in [-0.15, -0.1) is 0 Å². The van der Waals surface area contributed by atoms with Crippen molar-refractivity contribution in [2.45, 2.75) is 25.2 Å². The third-order valence-corrected chi connectivity index (χ3v) is 6.16. The molecule has 0 saturated heterocycles. The largest absolute Gasteiger partial charge is 0.490 e. The molecule has 3 aromatic rings. The number of sulfonamides is 1. The summed E-state index contributed by atoms with van der Waals surface area (Å²) in [4.78, 5) is 21.7. The summed E-state index contributed by atoms with van der Waals surface area (Å²) in [6.07, 6.45) is -4.05. The number of nitriles is 1. The van der Waals surface area contributed by atoms with E-state index in [2.05, 4.69) is 10.0 Å². The number of aliphatic carboxylic acids is 1. The number of carboxylic acid groups (broad SMARTS) is 1. The smallest absolute Gasteiger partial charge is 0.475 e. The zero-order valence-corrected chi connectivity index (χ0v) is 22.7. The summed E-state index contributed by atoms with van der Waals surface area (Å²) in [5, 5.41) is 26.6. The second-order valence-corrected chi connectivity index (χ2v) is 10.5. The van der Waals surface area contributed by atoms with E-state index in [4.69, 9.17) is 21.0 Å². The molecule has 3 aromatic carbocycles. The molecule has 15 heteroatoms. The van der Waals surface area contributed by atoms with Crippen LogP contribution in [0.15, 0.2) is 66.7 Å². The minimum Gasteiger partial charge on any atom is -0.475 e. The van der Waals surface area contributed by atoms with Crippen LogP contribution in [0.5, 0.6) is 0 Å². The number of nitrogen functional groups attached to an aromatic ring is 1. The highest BCUT2D eigenvalue weighted by molar-refractivity contribution is 7.88. The van der Waals surface area contributed by atoms with Crippen LogP contribution >= 0.6 is 0 Å². The van der Waals surface area contributed by atoms with Crippen molar-refractivity contribution in [3.05, 3.63) is 94.8 Å². The first kappa shape index (κ1) is 33.4. The fraction of sp³-hybridized carbons (Fsp3) is 0.185. The fourth-order valence-electron chi connectivity index (χ4n) is 3.54. The van der Waals surface area contributed by atoms with Crippen LogP contribution < -0.4 is 15.8 Å². The number of alkyl halides is 3. The van der Waals surface area contributed by atoms with E-state index in [1.807, 2.05) is 6.07 Å². The van der Waals surface area contributed by atoms with Gasteiger partial charge in [0.1, 0.15) is 23.8 Å². The number of carbonyl (C=O) groups is 2. The predicted octanol–water partition coefficient (Wildman–Crippen LogP) is 3.06. The molecule has 3 rings (SSSR count). The third kappa shape index (κ3) is 10.3. The quantitative estimate of drug-likeness (QED) is 0.140. The molecule has 222 valence electrons. The zero-order valence-electron chi connectivity index (χ0n) is 21.9. The van der Waals surface area contributed by atoms with Gasteiger partial charge in [-0.1, -0.05) is 54.6 Å². The van der Waals surface area contributed by atoms with E-state index in [0.717, 1.165) is 11.8 Å². The second kappa shape index (κ2) is 14.2. The molecule has 0 radical (unpaired) electrons. The van der Waals surface area contributed by atoms with Crippen molar-refractivity contribution in [2.24, 2.45) is 5.73 Å².